The Kier molecular flexibility index (Phi) is 3.29. The highest BCUT2D eigenvalue weighted by atomic mass is 19.1. The Bertz CT molecular complexity index is 515. The number of halogens is 2. The number of nitrogens with one attached hydrogen (secondary N) is 2. The van der Waals surface area contributed by atoms with Crippen LogP contribution in [-0.2, 0) is 6.54 Å². The first-order chi connectivity index (χ1) is 8.19. The first-order valence-corrected chi connectivity index (χ1v) is 4.88. The standard InChI is InChI=1S/C10H10F2N4O/c1-13-5-9-15-16-10(17-9)14-8-3-2-6(11)4-7(8)12/h2-4,13H,5H2,1H3,(H,14,16). The average Bonchev–Trinajstić information content (AvgIpc) is 2.71. The van der Waals surface area contributed by atoms with E-state index >= 15 is 0 Å². The molecule has 17 heavy (non-hydrogen) atoms. The van der Waals surface area contributed by atoms with Crippen molar-refractivity contribution in [3.8, 4) is 0 Å². The molecule has 7 heteroatoms. The maximum atomic E-state index is 13.3. The molecule has 2 N–H and O–H groups in total. The van der Waals surface area contributed by atoms with Crippen molar-refractivity contribution < 1.29 is 13.2 Å². The number of nitrogens with zero attached hydrogens (tertiary/aromatic N) is 2. The highest BCUT2D eigenvalue weighted by Gasteiger charge is 2.08. The van der Waals surface area contributed by atoms with Crippen LogP contribution in [0.15, 0.2) is 22.6 Å². The molecule has 1 aromatic heterocycles. The van der Waals surface area contributed by atoms with Gasteiger partial charge in [-0.1, -0.05) is 5.10 Å². The molecular formula is C10H10F2N4O. The molecule has 0 amide bonds. The van der Waals surface area contributed by atoms with Gasteiger partial charge in [-0.2, -0.15) is 0 Å². The average molecular weight is 240 g/mol. The molecule has 1 heterocycles. The molecule has 2 aromatic rings. The van der Waals surface area contributed by atoms with E-state index in [4.69, 9.17) is 4.42 Å². The van der Waals surface area contributed by atoms with E-state index in [0.29, 0.717) is 12.4 Å². The van der Waals surface area contributed by atoms with Crippen molar-refractivity contribution in [1.29, 1.82) is 0 Å². The SMILES string of the molecule is CNCc1nnc(Nc2ccc(F)cc2F)o1. The maximum Gasteiger partial charge on any atom is 0.320 e. The number of anilines is 2. The maximum absolute atomic E-state index is 13.3. The predicted octanol–water partition coefficient (Wildman–Crippen LogP) is 1.81. The Labute approximate surface area is 95.9 Å². The summed E-state index contributed by atoms with van der Waals surface area (Å²) in [4.78, 5) is 0. The van der Waals surface area contributed by atoms with Crippen LogP contribution in [0.1, 0.15) is 5.89 Å². The second kappa shape index (κ2) is 4.88. The van der Waals surface area contributed by atoms with Crippen LogP contribution >= 0.6 is 0 Å². The van der Waals surface area contributed by atoms with Crippen LogP contribution in [0.25, 0.3) is 0 Å². The molecule has 0 atom stereocenters. The first kappa shape index (κ1) is 11.5. The fraction of sp³-hybridized carbons (Fsp3) is 0.200. The molecule has 0 aliphatic heterocycles. The highest BCUT2D eigenvalue weighted by molar-refractivity contribution is 5.52. The number of hydrogen-bond donors (Lipinski definition) is 2. The van der Waals surface area contributed by atoms with E-state index in [-0.39, 0.29) is 11.7 Å². The van der Waals surface area contributed by atoms with E-state index < -0.39 is 11.6 Å². The lowest BCUT2D eigenvalue weighted by molar-refractivity contribution is 0.492. The topological polar surface area (TPSA) is 63.0 Å². The molecule has 0 bridgehead atoms. The van der Waals surface area contributed by atoms with Crippen molar-refractivity contribution in [3.63, 3.8) is 0 Å². The normalized spacial score (nSPS) is 10.5. The molecule has 2 rings (SSSR count). The molecular weight excluding hydrogens is 230 g/mol. The summed E-state index contributed by atoms with van der Waals surface area (Å²) in [6.45, 7) is 0.417. The Morgan fingerprint density at radius 1 is 1.29 bits per heavy atom. The highest BCUT2D eigenvalue weighted by Crippen LogP contribution is 2.19. The van der Waals surface area contributed by atoms with Gasteiger partial charge < -0.3 is 15.1 Å². The molecule has 0 radical (unpaired) electrons. The lowest BCUT2D eigenvalue weighted by Crippen LogP contribution is -2.04. The van der Waals surface area contributed by atoms with Gasteiger partial charge in [0.05, 0.1) is 12.2 Å². The monoisotopic (exact) mass is 240 g/mol. The third kappa shape index (κ3) is 2.76. The van der Waals surface area contributed by atoms with Gasteiger partial charge in [-0.05, 0) is 19.2 Å². The lowest BCUT2D eigenvalue weighted by atomic mass is 10.3. The number of aromatic nitrogens is 2. The quantitative estimate of drug-likeness (QED) is 0.853. The van der Waals surface area contributed by atoms with Crippen LogP contribution in [0.2, 0.25) is 0 Å². The summed E-state index contributed by atoms with van der Waals surface area (Å²) in [5.74, 6) is -0.995. The number of benzene rings is 1. The minimum absolute atomic E-state index is 0.0563. The largest absolute Gasteiger partial charge is 0.406 e. The summed E-state index contributed by atoms with van der Waals surface area (Å²) in [5.41, 5.74) is 0.0751. The van der Waals surface area contributed by atoms with Gasteiger partial charge in [0.25, 0.3) is 0 Å². The Hall–Kier alpha value is -2.02. The van der Waals surface area contributed by atoms with Crippen LogP contribution in [0.4, 0.5) is 20.5 Å². The summed E-state index contributed by atoms with van der Waals surface area (Å²) in [6, 6.07) is 3.22. The van der Waals surface area contributed by atoms with E-state index in [0.717, 1.165) is 12.1 Å². The molecule has 0 saturated carbocycles. The van der Waals surface area contributed by atoms with Gasteiger partial charge in [0, 0.05) is 6.07 Å². The van der Waals surface area contributed by atoms with Crippen molar-refractivity contribution in [2.24, 2.45) is 0 Å². The van der Waals surface area contributed by atoms with Gasteiger partial charge in [0.15, 0.2) is 0 Å². The molecule has 0 spiro atoms. The number of hydrogen-bond acceptors (Lipinski definition) is 5. The summed E-state index contributed by atoms with van der Waals surface area (Å²) in [5, 5.41) is 12.8. The minimum Gasteiger partial charge on any atom is -0.406 e. The van der Waals surface area contributed by atoms with Gasteiger partial charge in [0.2, 0.25) is 5.89 Å². The zero-order valence-corrected chi connectivity index (χ0v) is 9.00. The van der Waals surface area contributed by atoms with Gasteiger partial charge in [-0.3, -0.25) is 0 Å². The minimum atomic E-state index is -0.724. The van der Waals surface area contributed by atoms with Crippen molar-refractivity contribution in [1.82, 2.24) is 15.5 Å². The summed E-state index contributed by atoms with van der Waals surface area (Å²) in [6.07, 6.45) is 0. The van der Waals surface area contributed by atoms with Crippen molar-refractivity contribution in [2.45, 2.75) is 6.54 Å². The molecule has 0 aliphatic carbocycles. The van der Waals surface area contributed by atoms with Crippen LogP contribution in [-0.4, -0.2) is 17.2 Å². The van der Waals surface area contributed by atoms with Crippen molar-refractivity contribution >= 4 is 11.7 Å². The predicted molar refractivity (Wildman–Crippen MR) is 56.7 cm³/mol. The molecule has 5 nitrogen and oxygen atoms in total. The summed E-state index contributed by atoms with van der Waals surface area (Å²) >= 11 is 0. The Morgan fingerprint density at radius 2 is 2.12 bits per heavy atom. The van der Waals surface area contributed by atoms with E-state index in [1.165, 1.54) is 6.07 Å². The number of rotatable bonds is 4. The Morgan fingerprint density at radius 3 is 2.82 bits per heavy atom. The van der Waals surface area contributed by atoms with Crippen LogP contribution in [0.3, 0.4) is 0 Å². The summed E-state index contributed by atoms with van der Waals surface area (Å²) in [7, 11) is 1.73. The third-order valence-electron chi connectivity index (χ3n) is 1.97. The van der Waals surface area contributed by atoms with E-state index in [9.17, 15) is 8.78 Å². The van der Waals surface area contributed by atoms with E-state index in [1.54, 1.807) is 7.05 Å². The third-order valence-corrected chi connectivity index (χ3v) is 1.97. The Balaban J connectivity index is 2.13. The fourth-order valence-corrected chi connectivity index (χ4v) is 1.23. The zero-order chi connectivity index (χ0) is 12.3. The molecule has 0 fully saturated rings. The van der Waals surface area contributed by atoms with Gasteiger partial charge in [-0.25, -0.2) is 8.78 Å². The van der Waals surface area contributed by atoms with Crippen LogP contribution < -0.4 is 10.6 Å². The second-order valence-corrected chi connectivity index (χ2v) is 3.28. The lowest BCUT2D eigenvalue weighted by Gasteiger charge is -2.02. The van der Waals surface area contributed by atoms with Crippen LogP contribution in [0, 0.1) is 11.6 Å². The molecule has 0 unspecified atom stereocenters. The van der Waals surface area contributed by atoms with E-state index in [1.807, 2.05) is 0 Å². The van der Waals surface area contributed by atoms with Gasteiger partial charge in [-0.15, -0.1) is 5.10 Å². The molecule has 1 aromatic carbocycles. The van der Waals surface area contributed by atoms with Crippen molar-refractivity contribution in [2.75, 3.05) is 12.4 Å². The smallest absolute Gasteiger partial charge is 0.320 e. The first-order valence-electron chi connectivity index (χ1n) is 4.88. The second-order valence-electron chi connectivity index (χ2n) is 3.28. The molecule has 0 aliphatic rings. The van der Waals surface area contributed by atoms with Gasteiger partial charge in [0.1, 0.15) is 11.6 Å². The summed E-state index contributed by atoms with van der Waals surface area (Å²) < 4.78 is 31.1. The fourth-order valence-electron chi connectivity index (χ4n) is 1.23. The molecule has 90 valence electrons. The van der Waals surface area contributed by atoms with Crippen LogP contribution in [0.5, 0.6) is 0 Å². The van der Waals surface area contributed by atoms with E-state index in [2.05, 4.69) is 20.8 Å². The van der Waals surface area contributed by atoms with Gasteiger partial charge >= 0.3 is 6.01 Å². The zero-order valence-electron chi connectivity index (χ0n) is 9.00. The molecule has 0 saturated heterocycles. The van der Waals surface area contributed by atoms with Crippen molar-refractivity contribution in [3.05, 3.63) is 35.7 Å².